The third-order valence-electron chi connectivity index (χ3n) is 11.1. The smallest absolute Gasteiger partial charge is 0.339 e. The van der Waals surface area contributed by atoms with E-state index in [1.165, 1.54) is 0 Å². The first-order valence-corrected chi connectivity index (χ1v) is 17.1. The normalized spacial score (nSPS) is 41.4. The minimum Gasteiger partial charge on any atom is -0.453 e. The van der Waals surface area contributed by atoms with E-state index >= 15 is 0 Å². The molecule has 4 aliphatic heterocycles. The molecule has 12 heteroatoms. The van der Waals surface area contributed by atoms with E-state index < -0.39 is 58.3 Å². The van der Waals surface area contributed by atoms with Crippen molar-refractivity contribution in [3.05, 3.63) is 24.3 Å². The zero-order valence-electron chi connectivity index (χ0n) is 25.4. The first-order chi connectivity index (χ1) is 21.1. The number of aliphatic hydroxyl groups excluding tert-OH is 2. The Morgan fingerprint density at radius 1 is 0.773 bits per heavy atom. The molecule has 0 aromatic heterocycles. The summed E-state index contributed by atoms with van der Waals surface area (Å²) in [6.07, 6.45) is 13.4. The number of alkyl halides is 2. The summed E-state index contributed by atoms with van der Waals surface area (Å²) in [4.78, 5) is 49.4. The van der Waals surface area contributed by atoms with E-state index in [-0.39, 0.29) is 23.7 Å². The lowest BCUT2D eigenvalue weighted by atomic mass is 9.62. The number of carbonyl (C=O) groups excluding carboxylic acids is 4. The van der Waals surface area contributed by atoms with Crippen LogP contribution in [0.5, 0.6) is 0 Å². The van der Waals surface area contributed by atoms with Crippen LogP contribution in [0.4, 0.5) is 0 Å². The van der Waals surface area contributed by atoms with Gasteiger partial charge < -0.3 is 30.3 Å². The van der Waals surface area contributed by atoms with Gasteiger partial charge in [0.15, 0.2) is 11.2 Å². The van der Waals surface area contributed by atoms with Gasteiger partial charge in [-0.3, -0.25) is 9.59 Å². The lowest BCUT2D eigenvalue weighted by Gasteiger charge is -2.56. The predicted octanol–water partition coefficient (Wildman–Crippen LogP) is 3.05. The van der Waals surface area contributed by atoms with Crippen LogP contribution in [0.3, 0.4) is 0 Å². The Kier molecular flexibility index (Phi) is 9.49. The molecule has 6 rings (SSSR count). The van der Waals surface area contributed by atoms with E-state index in [2.05, 4.69) is 10.6 Å². The minimum absolute atomic E-state index is 0.137. The highest BCUT2D eigenvalue weighted by Crippen LogP contribution is 2.56. The number of ether oxygens (including phenoxy) is 2. The Balaban J connectivity index is 0.000000175. The molecule has 4 fully saturated rings. The van der Waals surface area contributed by atoms with Crippen molar-refractivity contribution in [2.24, 2.45) is 23.7 Å². The number of hydrogen-bond donors (Lipinski definition) is 4. The van der Waals surface area contributed by atoms with Crippen molar-refractivity contribution < 1.29 is 38.9 Å². The van der Waals surface area contributed by atoms with Crippen LogP contribution in [0.2, 0.25) is 0 Å². The highest BCUT2D eigenvalue weighted by molar-refractivity contribution is 6.18. The number of rotatable bonds is 10. The summed E-state index contributed by atoms with van der Waals surface area (Å²) in [6.45, 7) is 3.76. The Bertz CT molecular complexity index is 1140. The van der Waals surface area contributed by atoms with Gasteiger partial charge in [-0.15, -0.1) is 23.2 Å². The van der Waals surface area contributed by atoms with Crippen molar-refractivity contribution in [3.8, 4) is 0 Å². The Morgan fingerprint density at radius 2 is 1.16 bits per heavy atom. The zero-order valence-corrected chi connectivity index (χ0v) is 26.9. The van der Waals surface area contributed by atoms with Crippen LogP contribution in [0.15, 0.2) is 24.3 Å². The quantitative estimate of drug-likeness (QED) is 0.159. The van der Waals surface area contributed by atoms with Crippen LogP contribution in [0.1, 0.15) is 78.1 Å². The van der Waals surface area contributed by atoms with Gasteiger partial charge in [-0.1, -0.05) is 38.2 Å². The molecule has 5 unspecified atom stereocenters. The first kappa shape index (κ1) is 33.2. The van der Waals surface area contributed by atoms with Gasteiger partial charge in [-0.2, -0.15) is 0 Å². The number of nitrogens with one attached hydrogen (secondary N) is 2. The van der Waals surface area contributed by atoms with E-state index in [4.69, 9.17) is 32.7 Å². The summed E-state index contributed by atoms with van der Waals surface area (Å²) < 4.78 is 11.0. The average Bonchev–Trinajstić information content (AvgIpc) is 3.36. The maximum atomic E-state index is 12.4. The van der Waals surface area contributed by atoms with E-state index in [9.17, 15) is 29.4 Å². The van der Waals surface area contributed by atoms with Gasteiger partial charge in [0.2, 0.25) is 22.9 Å². The molecule has 0 bridgehead atoms. The lowest BCUT2D eigenvalue weighted by molar-refractivity contribution is -0.245. The highest BCUT2D eigenvalue weighted by atomic mass is 35.5. The number of allylic oxidation sites excluding steroid dienone is 2. The summed E-state index contributed by atoms with van der Waals surface area (Å²) in [7, 11) is 0. The molecule has 44 heavy (non-hydrogen) atoms. The van der Waals surface area contributed by atoms with E-state index in [0.717, 1.165) is 38.5 Å². The maximum absolute atomic E-state index is 12.4. The molecule has 4 N–H and O–H groups in total. The van der Waals surface area contributed by atoms with Crippen molar-refractivity contribution in [3.63, 3.8) is 0 Å². The van der Waals surface area contributed by atoms with Crippen molar-refractivity contribution in [2.45, 2.75) is 113 Å². The van der Waals surface area contributed by atoms with Gasteiger partial charge in [-0.25, -0.2) is 9.59 Å². The molecule has 2 amide bonds. The van der Waals surface area contributed by atoms with Crippen LogP contribution < -0.4 is 10.6 Å². The molecule has 6 aliphatic rings. The van der Waals surface area contributed by atoms with Crippen LogP contribution >= 0.6 is 23.2 Å². The third-order valence-corrected chi connectivity index (χ3v) is 11.5. The fourth-order valence-corrected chi connectivity index (χ4v) is 9.21. The van der Waals surface area contributed by atoms with Gasteiger partial charge in [0.1, 0.15) is 0 Å². The molecule has 4 heterocycles. The standard InChI is InChI=1S/2C16H22ClNO4/c2*1-2-15-11(8-9-17)13(20)18-16(15,14(21)22-15)12(19)10-6-4-3-5-7-10/h2*4,6,10-12,19H,2-3,5,7-9H2,1H3,(H,18,20)/t10-,11+,12+,15+,16+;/m1./s1. The molecular formula is C32H44Cl2N2O8. The SMILES string of the molecule is CCC12OC(=O)C1(C(O)C1C=CCCC1)NC(=O)C2CCCl.CC[C@@]12OC(=O)[C@]1([C@@H](O)[C@@H]1C=CCCC1)NC(=O)[C@@H]2CCCl. The zero-order chi connectivity index (χ0) is 31.9. The molecule has 0 saturated carbocycles. The number of aliphatic hydroxyl groups is 2. The molecule has 0 spiro atoms. The molecule has 10 nitrogen and oxygen atoms in total. The van der Waals surface area contributed by atoms with Gasteiger partial charge in [0, 0.05) is 23.6 Å². The summed E-state index contributed by atoms with van der Waals surface area (Å²) in [5.74, 6) is -2.16. The Hall–Kier alpha value is -2.14. The Labute approximate surface area is 268 Å². The second kappa shape index (κ2) is 12.6. The molecule has 10 atom stereocenters. The second-order valence-corrected chi connectivity index (χ2v) is 13.6. The summed E-state index contributed by atoms with van der Waals surface area (Å²) in [5.41, 5.74) is -4.58. The number of esters is 2. The molecule has 2 aliphatic carbocycles. The van der Waals surface area contributed by atoms with Crippen molar-refractivity contribution in [1.82, 2.24) is 10.6 Å². The number of fused-ring (bicyclic) bond motifs is 2. The van der Waals surface area contributed by atoms with Crippen LogP contribution in [-0.2, 0) is 28.7 Å². The van der Waals surface area contributed by atoms with Gasteiger partial charge in [0.05, 0.1) is 24.0 Å². The number of carbonyl (C=O) groups is 4. The monoisotopic (exact) mass is 654 g/mol. The average molecular weight is 656 g/mol. The van der Waals surface area contributed by atoms with E-state index in [0.29, 0.717) is 37.4 Å². The van der Waals surface area contributed by atoms with Gasteiger partial charge in [-0.05, 0) is 64.2 Å². The lowest BCUT2D eigenvalue weighted by Crippen LogP contribution is -2.80. The summed E-state index contributed by atoms with van der Waals surface area (Å²) in [6, 6.07) is 0. The third kappa shape index (κ3) is 4.48. The Morgan fingerprint density at radius 3 is 1.43 bits per heavy atom. The fraction of sp³-hybridized carbons (Fsp3) is 0.750. The highest BCUT2D eigenvalue weighted by Gasteiger charge is 2.81. The van der Waals surface area contributed by atoms with Crippen LogP contribution in [-0.4, -0.2) is 80.2 Å². The van der Waals surface area contributed by atoms with E-state index in [1.807, 2.05) is 38.2 Å². The van der Waals surface area contributed by atoms with Crippen molar-refractivity contribution in [2.75, 3.05) is 11.8 Å². The summed E-state index contributed by atoms with van der Waals surface area (Å²) in [5, 5.41) is 27.4. The molecule has 0 aromatic carbocycles. The van der Waals surface area contributed by atoms with E-state index in [1.54, 1.807) is 0 Å². The van der Waals surface area contributed by atoms with Gasteiger partial charge in [0.25, 0.3) is 0 Å². The van der Waals surface area contributed by atoms with Crippen LogP contribution in [0, 0.1) is 23.7 Å². The molecule has 0 radical (unpaired) electrons. The summed E-state index contributed by atoms with van der Waals surface area (Å²) >= 11 is 11.6. The van der Waals surface area contributed by atoms with Crippen molar-refractivity contribution in [1.29, 1.82) is 0 Å². The molecular weight excluding hydrogens is 611 g/mol. The van der Waals surface area contributed by atoms with Crippen LogP contribution in [0.25, 0.3) is 0 Å². The number of hydrogen-bond acceptors (Lipinski definition) is 8. The van der Waals surface area contributed by atoms with Gasteiger partial charge >= 0.3 is 11.9 Å². The molecule has 4 saturated heterocycles. The second-order valence-electron chi connectivity index (χ2n) is 12.9. The first-order valence-electron chi connectivity index (χ1n) is 16.0. The molecule has 0 aromatic rings. The maximum Gasteiger partial charge on any atom is 0.339 e. The molecule has 244 valence electrons. The topological polar surface area (TPSA) is 151 Å². The minimum atomic E-state index is -1.32. The van der Waals surface area contributed by atoms with Crippen molar-refractivity contribution >= 4 is 47.0 Å². The fourth-order valence-electron chi connectivity index (χ4n) is 8.77. The largest absolute Gasteiger partial charge is 0.453 e. The number of halogens is 2. The predicted molar refractivity (Wildman–Crippen MR) is 163 cm³/mol. The number of amides is 2.